The molecule has 0 rings (SSSR count). The summed E-state index contributed by atoms with van der Waals surface area (Å²) in [6.45, 7) is 4.59. The van der Waals surface area contributed by atoms with Gasteiger partial charge in [-0.15, -0.1) is 0 Å². The molecule has 0 bridgehead atoms. The normalized spacial score (nSPS) is 14.6. The van der Waals surface area contributed by atoms with E-state index in [9.17, 15) is 63.0 Å². The largest absolute Gasteiger partial charge is 0.481 e. The molecule has 14 N–H and O–H groups in total. The molecule has 0 fully saturated rings. The lowest BCUT2D eigenvalue weighted by atomic mass is 10.0. The molecular weight excluding hydrogens is 754 g/mol. The van der Waals surface area contributed by atoms with E-state index >= 15 is 0 Å². The minimum Gasteiger partial charge on any atom is -0.481 e. The molecule has 0 saturated heterocycles. The molecule has 0 aromatic rings. The van der Waals surface area contributed by atoms with Crippen LogP contribution >= 0.6 is 11.8 Å². The molecule has 0 spiro atoms. The van der Waals surface area contributed by atoms with Crippen LogP contribution in [0.15, 0.2) is 0 Å². The van der Waals surface area contributed by atoms with Crippen LogP contribution in [0.25, 0.3) is 0 Å². The summed E-state index contributed by atoms with van der Waals surface area (Å²) in [6.07, 6.45) is -0.937. The van der Waals surface area contributed by atoms with E-state index in [1.165, 1.54) is 18.7 Å². The summed E-state index contributed by atoms with van der Waals surface area (Å²) in [5, 5.41) is 43.8. The van der Waals surface area contributed by atoms with Crippen LogP contribution in [0.3, 0.4) is 0 Å². The van der Waals surface area contributed by atoms with Crippen LogP contribution in [0, 0.1) is 5.92 Å². The van der Waals surface area contributed by atoms with Gasteiger partial charge in [0.2, 0.25) is 53.2 Å². The minimum atomic E-state index is -1.91. The first-order chi connectivity index (χ1) is 25.5. The molecule has 0 aromatic carbocycles. The Morgan fingerprint density at radius 2 is 0.964 bits per heavy atom. The Morgan fingerprint density at radius 3 is 1.38 bits per heavy atom. The molecule has 0 heterocycles. The number of primary amides is 2. The van der Waals surface area contributed by atoms with Crippen molar-refractivity contribution in [2.75, 3.05) is 18.6 Å². The molecule has 0 unspecified atom stereocenters. The minimum absolute atomic E-state index is 0.0763. The number of carbonyl (C=O) groups is 11. The molecule has 0 radical (unpaired) electrons. The number of hydrogen-bond donors (Lipinski definition) is 12. The van der Waals surface area contributed by atoms with Gasteiger partial charge in [0.1, 0.15) is 42.3 Å². The van der Waals surface area contributed by atoms with Crippen molar-refractivity contribution in [2.45, 2.75) is 102 Å². The van der Waals surface area contributed by atoms with Gasteiger partial charge in [-0.2, -0.15) is 11.8 Å². The van der Waals surface area contributed by atoms with Gasteiger partial charge in [0.05, 0.1) is 25.9 Å². The zero-order valence-corrected chi connectivity index (χ0v) is 31.8. The number of carbonyl (C=O) groups excluding carboxylic acids is 9. The maximum atomic E-state index is 13.3. The van der Waals surface area contributed by atoms with Crippen LogP contribution in [0.4, 0.5) is 0 Å². The Morgan fingerprint density at radius 1 is 0.564 bits per heavy atom. The molecule has 0 aliphatic carbocycles. The summed E-state index contributed by atoms with van der Waals surface area (Å²) in [6, 6.07) is -11.0. The quantitative estimate of drug-likeness (QED) is 0.0388. The van der Waals surface area contributed by atoms with Gasteiger partial charge in [0, 0.05) is 6.92 Å². The highest BCUT2D eigenvalue weighted by Gasteiger charge is 2.34. The zero-order chi connectivity index (χ0) is 42.6. The first kappa shape index (κ1) is 49.5. The smallest absolute Gasteiger partial charge is 0.305 e. The maximum absolute atomic E-state index is 13.3. The number of aliphatic carboxylic acids is 2. The maximum Gasteiger partial charge on any atom is 0.305 e. The second-order valence-corrected chi connectivity index (χ2v) is 13.6. The summed E-state index contributed by atoms with van der Waals surface area (Å²) in [4.78, 5) is 136. The summed E-state index contributed by atoms with van der Waals surface area (Å²) >= 11 is 1.25. The van der Waals surface area contributed by atoms with Crippen molar-refractivity contribution in [3.63, 3.8) is 0 Å². The van der Waals surface area contributed by atoms with Gasteiger partial charge in [0.25, 0.3) is 0 Å². The summed E-state index contributed by atoms with van der Waals surface area (Å²) in [7, 11) is 0. The molecule has 7 atom stereocenters. The highest BCUT2D eigenvalue weighted by molar-refractivity contribution is 7.98. The van der Waals surface area contributed by atoms with Gasteiger partial charge >= 0.3 is 11.9 Å². The van der Waals surface area contributed by atoms with Crippen molar-refractivity contribution in [1.29, 1.82) is 0 Å². The van der Waals surface area contributed by atoms with Gasteiger partial charge in [-0.1, -0.05) is 13.8 Å². The fourth-order valence-electron chi connectivity index (χ4n) is 4.61. The van der Waals surface area contributed by atoms with Crippen molar-refractivity contribution in [2.24, 2.45) is 17.4 Å². The van der Waals surface area contributed by atoms with Gasteiger partial charge in [-0.05, 0) is 37.7 Å². The SMILES string of the molecule is CSCC[C@H](NC(=O)[C@H](C)NC(=O)[C@H](CC(=O)O)NC(C)=O)C(=O)N[C@@H](CC(=O)O)C(=O)N[C@@H](CO)C(=O)N[C@@H](CC(N)=O)C(=O)N[C@@H](CC(C)C)C(N)=O. The Balaban J connectivity index is 6.01. The molecule has 310 valence electrons. The first-order valence-electron chi connectivity index (χ1n) is 16.7. The van der Waals surface area contributed by atoms with Crippen molar-refractivity contribution >= 4 is 76.9 Å². The van der Waals surface area contributed by atoms with Crippen molar-refractivity contribution in [3.8, 4) is 0 Å². The number of hydrogen-bond acceptors (Lipinski definition) is 13. The van der Waals surface area contributed by atoms with Crippen LogP contribution in [0.5, 0.6) is 0 Å². The molecule has 9 amide bonds. The Labute approximate surface area is 319 Å². The van der Waals surface area contributed by atoms with Gasteiger partial charge in [-0.25, -0.2) is 0 Å². The highest BCUT2D eigenvalue weighted by Crippen LogP contribution is 2.07. The predicted octanol–water partition coefficient (Wildman–Crippen LogP) is -5.48. The van der Waals surface area contributed by atoms with E-state index in [0.29, 0.717) is 0 Å². The van der Waals surface area contributed by atoms with E-state index in [1.807, 2.05) is 5.32 Å². The number of aliphatic hydroxyl groups excluding tert-OH is 1. The fraction of sp³-hybridized carbons (Fsp3) is 0.645. The van der Waals surface area contributed by atoms with Crippen molar-refractivity contribution < 1.29 is 68.1 Å². The second kappa shape index (κ2) is 24.7. The molecule has 55 heavy (non-hydrogen) atoms. The van der Waals surface area contributed by atoms with E-state index in [1.54, 1.807) is 20.1 Å². The summed E-state index contributed by atoms with van der Waals surface area (Å²) in [5.74, 6) is -12.2. The van der Waals surface area contributed by atoms with Gasteiger partial charge in [0.15, 0.2) is 0 Å². The van der Waals surface area contributed by atoms with Gasteiger partial charge in [-0.3, -0.25) is 52.7 Å². The van der Waals surface area contributed by atoms with Crippen LogP contribution in [-0.4, -0.2) is 141 Å². The zero-order valence-electron chi connectivity index (χ0n) is 31.0. The van der Waals surface area contributed by atoms with E-state index in [2.05, 4.69) is 31.9 Å². The van der Waals surface area contributed by atoms with Crippen LogP contribution in [0.2, 0.25) is 0 Å². The second-order valence-electron chi connectivity index (χ2n) is 12.7. The number of thioether (sulfide) groups is 1. The number of nitrogens with two attached hydrogens (primary N) is 2. The van der Waals surface area contributed by atoms with Crippen molar-refractivity contribution in [3.05, 3.63) is 0 Å². The monoisotopic (exact) mass is 805 g/mol. The number of rotatable bonds is 26. The number of aliphatic hydroxyl groups is 1. The predicted molar refractivity (Wildman–Crippen MR) is 192 cm³/mol. The fourth-order valence-corrected chi connectivity index (χ4v) is 5.08. The molecule has 24 heteroatoms. The number of nitrogens with one attached hydrogen (secondary N) is 7. The van der Waals surface area contributed by atoms with E-state index in [4.69, 9.17) is 16.6 Å². The molecule has 0 saturated carbocycles. The van der Waals surface area contributed by atoms with Gasteiger partial charge < -0.3 is 64.0 Å². The average molecular weight is 806 g/mol. The molecule has 23 nitrogen and oxygen atoms in total. The number of carboxylic acids is 2. The molecule has 0 aromatic heterocycles. The van der Waals surface area contributed by atoms with E-state index < -0.39 is 133 Å². The first-order valence-corrected chi connectivity index (χ1v) is 18.1. The average Bonchev–Trinajstić information content (AvgIpc) is 3.06. The topological polar surface area (TPSA) is 385 Å². The number of amides is 9. The van der Waals surface area contributed by atoms with Crippen molar-refractivity contribution in [1.82, 2.24) is 37.2 Å². The third-order valence-electron chi connectivity index (χ3n) is 7.30. The molecular formula is C31H51N9O14S. The lowest BCUT2D eigenvalue weighted by Crippen LogP contribution is -2.61. The Hall–Kier alpha value is -5.52. The van der Waals surface area contributed by atoms with Crippen LogP contribution < -0.4 is 48.7 Å². The van der Waals surface area contributed by atoms with E-state index in [0.717, 1.165) is 6.92 Å². The summed E-state index contributed by atoms with van der Waals surface area (Å²) in [5.41, 5.74) is 10.6. The molecule has 0 aliphatic heterocycles. The highest BCUT2D eigenvalue weighted by atomic mass is 32.2. The molecule has 0 aliphatic rings. The summed E-state index contributed by atoms with van der Waals surface area (Å²) < 4.78 is 0. The lowest BCUT2D eigenvalue weighted by molar-refractivity contribution is -0.142. The standard InChI is InChI=1S/C31H51N9O14S/c1-13(2)8-17(25(33)48)37-29(52)18(9-22(32)43)38-31(54)21(12-41)40-30(53)20(11-24(46)47)39-27(50)16(6-7-55-5)36-26(49)14(3)34-28(51)19(10-23(44)45)35-15(4)42/h13-14,16-21,41H,6-12H2,1-5H3,(H2,32,43)(H2,33,48)(H,34,51)(H,35,42)(H,36,49)(H,37,52)(H,38,54)(H,39,50)(H,40,53)(H,44,45)(H,46,47)/t14-,16-,17-,18-,19-,20-,21-/m0/s1. The lowest BCUT2D eigenvalue weighted by Gasteiger charge is -2.26. The van der Waals surface area contributed by atoms with Crippen LogP contribution in [0.1, 0.15) is 59.8 Å². The van der Waals surface area contributed by atoms with Crippen LogP contribution in [-0.2, 0) is 52.7 Å². The van der Waals surface area contributed by atoms with E-state index in [-0.39, 0.29) is 24.5 Å². The third-order valence-corrected chi connectivity index (χ3v) is 7.94. The number of carboxylic acid groups (broad SMARTS) is 2. The Bertz CT molecular complexity index is 1430. The third kappa shape index (κ3) is 19.9. The Kier molecular flexibility index (Phi) is 22.2.